The minimum absolute atomic E-state index is 0.0648. The second kappa shape index (κ2) is 8.52. The van der Waals surface area contributed by atoms with Crippen LogP contribution in [0.3, 0.4) is 0 Å². The average molecular weight is 399 g/mol. The van der Waals surface area contributed by atoms with Gasteiger partial charge in [-0.2, -0.15) is 8.78 Å². The third-order valence-corrected chi connectivity index (χ3v) is 4.46. The summed E-state index contributed by atoms with van der Waals surface area (Å²) >= 11 is 5.96. The second-order valence-electron chi connectivity index (χ2n) is 6.14. The SMILES string of the molecule is CCc1c(C(=O)N[C@H](C)c2cc(Cl)ccc2OC(F)F)[nH]c(C)c1C(C)=O. The van der Waals surface area contributed by atoms with Crippen LogP contribution in [0.1, 0.15) is 64.5 Å². The fourth-order valence-corrected chi connectivity index (χ4v) is 3.29. The Kier molecular flexibility index (Phi) is 6.59. The molecule has 0 saturated carbocycles. The van der Waals surface area contributed by atoms with Gasteiger partial charge in [-0.3, -0.25) is 9.59 Å². The molecule has 0 aliphatic heterocycles. The number of carbonyl (C=O) groups excluding carboxylic acids is 2. The quantitative estimate of drug-likeness (QED) is 0.656. The standard InChI is InChI=1S/C19H21ClF2N2O3/c1-5-13-16(11(4)25)10(3)23-17(13)18(26)24-9(2)14-8-12(20)6-7-15(14)27-19(21)22/h6-9,19,23H,5H2,1-4H3,(H,24,26)/t9-/m1/s1. The van der Waals surface area contributed by atoms with Crippen molar-refractivity contribution in [1.29, 1.82) is 0 Å². The van der Waals surface area contributed by atoms with Gasteiger partial charge in [-0.1, -0.05) is 18.5 Å². The van der Waals surface area contributed by atoms with Crippen molar-refractivity contribution in [2.75, 3.05) is 0 Å². The Labute approximate surface area is 161 Å². The Morgan fingerprint density at radius 2 is 2.00 bits per heavy atom. The maximum absolute atomic E-state index is 12.7. The zero-order valence-corrected chi connectivity index (χ0v) is 16.2. The van der Waals surface area contributed by atoms with Crippen molar-refractivity contribution in [2.45, 2.75) is 46.8 Å². The summed E-state index contributed by atoms with van der Waals surface area (Å²) < 4.78 is 29.8. The first-order valence-electron chi connectivity index (χ1n) is 8.43. The monoisotopic (exact) mass is 398 g/mol. The first-order chi connectivity index (χ1) is 12.6. The number of aromatic amines is 1. The number of amides is 1. The number of halogens is 3. The summed E-state index contributed by atoms with van der Waals surface area (Å²) in [7, 11) is 0. The predicted octanol–water partition coefficient (Wildman–Crippen LogP) is 4.83. The van der Waals surface area contributed by atoms with E-state index in [0.717, 1.165) is 0 Å². The van der Waals surface area contributed by atoms with Crippen molar-refractivity contribution >= 4 is 23.3 Å². The molecule has 1 atom stereocenters. The van der Waals surface area contributed by atoms with Gasteiger partial charge >= 0.3 is 6.61 Å². The summed E-state index contributed by atoms with van der Waals surface area (Å²) in [6, 6.07) is 3.57. The summed E-state index contributed by atoms with van der Waals surface area (Å²) in [5, 5.41) is 3.07. The minimum Gasteiger partial charge on any atom is -0.434 e. The van der Waals surface area contributed by atoms with E-state index < -0.39 is 18.6 Å². The molecule has 5 nitrogen and oxygen atoms in total. The molecule has 1 aromatic carbocycles. The number of hydrogen-bond donors (Lipinski definition) is 2. The van der Waals surface area contributed by atoms with E-state index in [9.17, 15) is 18.4 Å². The van der Waals surface area contributed by atoms with Crippen LogP contribution in [-0.4, -0.2) is 23.3 Å². The predicted molar refractivity (Wildman–Crippen MR) is 98.9 cm³/mol. The molecule has 1 heterocycles. The van der Waals surface area contributed by atoms with Gasteiger partial charge in [-0.05, 0) is 51.0 Å². The molecular weight excluding hydrogens is 378 g/mol. The molecule has 0 saturated heterocycles. The highest BCUT2D eigenvalue weighted by atomic mass is 35.5. The molecule has 2 rings (SSSR count). The highest BCUT2D eigenvalue weighted by molar-refractivity contribution is 6.30. The lowest BCUT2D eigenvalue weighted by Gasteiger charge is -2.18. The van der Waals surface area contributed by atoms with Crippen molar-refractivity contribution in [2.24, 2.45) is 0 Å². The van der Waals surface area contributed by atoms with E-state index in [1.807, 2.05) is 6.92 Å². The molecule has 1 aromatic heterocycles. The number of benzene rings is 1. The Bertz CT molecular complexity index is 865. The fourth-order valence-electron chi connectivity index (χ4n) is 3.11. The van der Waals surface area contributed by atoms with Gasteiger partial charge in [0.25, 0.3) is 5.91 Å². The lowest BCUT2D eigenvalue weighted by Crippen LogP contribution is -2.28. The number of alkyl halides is 2. The fraction of sp³-hybridized carbons (Fsp3) is 0.368. The highest BCUT2D eigenvalue weighted by Gasteiger charge is 2.24. The van der Waals surface area contributed by atoms with Crippen LogP contribution in [0.4, 0.5) is 8.78 Å². The molecule has 0 spiro atoms. The molecule has 8 heteroatoms. The molecular formula is C19H21ClF2N2O3. The van der Waals surface area contributed by atoms with Gasteiger partial charge in [-0.25, -0.2) is 0 Å². The van der Waals surface area contributed by atoms with E-state index in [0.29, 0.717) is 33.8 Å². The molecule has 0 fully saturated rings. The Morgan fingerprint density at radius 3 is 2.56 bits per heavy atom. The van der Waals surface area contributed by atoms with Gasteiger partial charge < -0.3 is 15.0 Å². The first kappa shape index (κ1) is 20.9. The summed E-state index contributed by atoms with van der Waals surface area (Å²) in [4.78, 5) is 27.5. The second-order valence-corrected chi connectivity index (χ2v) is 6.58. The lowest BCUT2D eigenvalue weighted by molar-refractivity contribution is -0.0506. The van der Waals surface area contributed by atoms with Crippen LogP contribution in [-0.2, 0) is 6.42 Å². The number of ether oxygens (including phenoxy) is 1. The number of aryl methyl sites for hydroxylation is 1. The number of H-pyrrole nitrogens is 1. The van der Waals surface area contributed by atoms with E-state index in [1.54, 1.807) is 13.8 Å². The van der Waals surface area contributed by atoms with Gasteiger partial charge in [0.2, 0.25) is 0 Å². The van der Waals surface area contributed by atoms with Crippen molar-refractivity contribution in [3.05, 3.63) is 51.3 Å². The number of nitrogens with one attached hydrogen (secondary N) is 2. The van der Waals surface area contributed by atoms with Crippen LogP contribution in [0.2, 0.25) is 5.02 Å². The van der Waals surface area contributed by atoms with E-state index in [1.165, 1.54) is 25.1 Å². The van der Waals surface area contributed by atoms with Gasteiger partial charge in [0.1, 0.15) is 11.4 Å². The van der Waals surface area contributed by atoms with Crippen molar-refractivity contribution < 1.29 is 23.1 Å². The summed E-state index contributed by atoms with van der Waals surface area (Å²) in [5.74, 6) is -0.641. The number of carbonyl (C=O) groups is 2. The summed E-state index contributed by atoms with van der Waals surface area (Å²) in [5.41, 5.74) is 2.34. The van der Waals surface area contributed by atoms with Crippen LogP contribution in [0.25, 0.3) is 0 Å². The van der Waals surface area contributed by atoms with Crippen LogP contribution < -0.4 is 10.1 Å². The first-order valence-corrected chi connectivity index (χ1v) is 8.80. The number of hydrogen-bond acceptors (Lipinski definition) is 3. The van der Waals surface area contributed by atoms with Crippen LogP contribution in [0.15, 0.2) is 18.2 Å². The van der Waals surface area contributed by atoms with Gasteiger partial charge in [-0.15, -0.1) is 0 Å². The third-order valence-electron chi connectivity index (χ3n) is 4.23. The highest BCUT2D eigenvalue weighted by Crippen LogP contribution is 2.30. The summed E-state index contributed by atoms with van der Waals surface area (Å²) in [6.07, 6.45) is 0.493. The van der Waals surface area contributed by atoms with Crippen LogP contribution >= 0.6 is 11.6 Å². The number of aromatic nitrogens is 1. The Hall–Kier alpha value is -2.41. The minimum atomic E-state index is -3.00. The van der Waals surface area contributed by atoms with E-state index in [4.69, 9.17) is 11.6 Å². The lowest BCUT2D eigenvalue weighted by atomic mass is 10.0. The topological polar surface area (TPSA) is 71.2 Å². The molecule has 1 amide bonds. The van der Waals surface area contributed by atoms with E-state index >= 15 is 0 Å². The number of rotatable bonds is 7. The van der Waals surface area contributed by atoms with Crippen LogP contribution in [0, 0.1) is 6.92 Å². The zero-order valence-electron chi connectivity index (χ0n) is 15.5. The largest absolute Gasteiger partial charge is 0.434 e. The van der Waals surface area contributed by atoms with E-state index in [2.05, 4.69) is 15.0 Å². The van der Waals surface area contributed by atoms with Crippen LogP contribution in [0.5, 0.6) is 5.75 Å². The zero-order chi connectivity index (χ0) is 20.3. The van der Waals surface area contributed by atoms with E-state index in [-0.39, 0.29) is 17.2 Å². The van der Waals surface area contributed by atoms with Crippen molar-refractivity contribution in [3.63, 3.8) is 0 Å². The molecule has 2 aromatic rings. The van der Waals surface area contributed by atoms with Crippen molar-refractivity contribution in [3.8, 4) is 5.75 Å². The van der Waals surface area contributed by atoms with Crippen molar-refractivity contribution in [1.82, 2.24) is 10.3 Å². The molecule has 2 N–H and O–H groups in total. The maximum Gasteiger partial charge on any atom is 0.387 e. The third kappa shape index (κ3) is 4.66. The molecule has 146 valence electrons. The smallest absolute Gasteiger partial charge is 0.387 e. The average Bonchev–Trinajstić information content (AvgIpc) is 2.92. The van der Waals surface area contributed by atoms with Gasteiger partial charge in [0.15, 0.2) is 5.78 Å². The normalized spacial score (nSPS) is 12.1. The maximum atomic E-state index is 12.7. The molecule has 0 aliphatic rings. The Balaban J connectivity index is 2.33. The summed E-state index contributed by atoms with van der Waals surface area (Å²) in [6.45, 7) is 3.65. The number of Topliss-reactive ketones (excluding diaryl/α,β-unsaturated/α-hetero) is 1. The molecule has 0 aliphatic carbocycles. The Morgan fingerprint density at radius 1 is 1.33 bits per heavy atom. The number of ketones is 1. The molecule has 0 radical (unpaired) electrons. The molecule has 0 bridgehead atoms. The molecule has 0 unspecified atom stereocenters. The molecule has 27 heavy (non-hydrogen) atoms. The van der Waals surface area contributed by atoms with Gasteiger partial charge in [0.05, 0.1) is 6.04 Å². The van der Waals surface area contributed by atoms with Gasteiger partial charge in [0, 0.05) is 21.8 Å².